The van der Waals surface area contributed by atoms with Crippen molar-refractivity contribution in [1.82, 2.24) is 19.7 Å². The third-order valence-corrected chi connectivity index (χ3v) is 5.54. The van der Waals surface area contributed by atoms with E-state index in [-0.39, 0.29) is 6.04 Å². The van der Waals surface area contributed by atoms with E-state index >= 15 is 0 Å². The molecule has 1 atom stereocenters. The molecular weight excluding hydrogens is 364 g/mol. The molecule has 0 saturated carbocycles. The van der Waals surface area contributed by atoms with Crippen LogP contribution in [0.3, 0.4) is 0 Å². The van der Waals surface area contributed by atoms with E-state index in [0.717, 1.165) is 33.9 Å². The molecular formula is C20H23ClN4S. The number of halogens is 1. The fourth-order valence-corrected chi connectivity index (χ4v) is 3.69. The summed E-state index contributed by atoms with van der Waals surface area (Å²) >= 11 is 7.79. The lowest BCUT2D eigenvalue weighted by Crippen LogP contribution is -2.20. The number of aryl methyl sites for hydroxylation is 1. The molecule has 0 aliphatic carbocycles. The number of benzene rings is 2. The van der Waals surface area contributed by atoms with E-state index in [2.05, 4.69) is 50.9 Å². The Morgan fingerprint density at radius 2 is 1.73 bits per heavy atom. The van der Waals surface area contributed by atoms with Crippen LogP contribution in [0.1, 0.15) is 24.4 Å². The van der Waals surface area contributed by atoms with E-state index in [4.69, 9.17) is 11.6 Å². The summed E-state index contributed by atoms with van der Waals surface area (Å²) in [6.07, 6.45) is 0.998. The third kappa shape index (κ3) is 4.47. The predicted molar refractivity (Wildman–Crippen MR) is 109 cm³/mol. The quantitative estimate of drug-likeness (QED) is 0.542. The molecule has 1 heterocycles. The minimum absolute atomic E-state index is 0.154. The van der Waals surface area contributed by atoms with E-state index in [1.165, 1.54) is 5.56 Å². The molecule has 0 bridgehead atoms. The van der Waals surface area contributed by atoms with E-state index in [1.54, 1.807) is 11.8 Å². The zero-order valence-corrected chi connectivity index (χ0v) is 16.8. The molecule has 0 aliphatic rings. The monoisotopic (exact) mass is 386 g/mol. The van der Waals surface area contributed by atoms with Crippen molar-refractivity contribution in [2.45, 2.75) is 24.5 Å². The molecule has 1 unspecified atom stereocenters. The molecule has 0 saturated heterocycles. The molecule has 3 aromatic rings. The Labute approximate surface area is 164 Å². The second kappa shape index (κ2) is 8.71. The van der Waals surface area contributed by atoms with Crippen LogP contribution in [-0.2, 0) is 6.42 Å². The van der Waals surface area contributed by atoms with Crippen molar-refractivity contribution < 1.29 is 0 Å². The first-order valence-corrected chi connectivity index (χ1v) is 9.97. The molecule has 0 aliphatic heterocycles. The van der Waals surface area contributed by atoms with Gasteiger partial charge in [0, 0.05) is 16.5 Å². The molecule has 26 heavy (non-hydrogen) atoms. The van der Waals surface area contributed by atoms with E-state index < -0.39 is 0 Å². The maximum absolute atomic E-state index is 6.06. The van der Waals surface area contributed by atoms with Gasteiger partial charge in [-0.25, -0.2) is 0 Å². The summed E-state index contributed by atoms with van der Waals surface area (Å²) in [4.78, 5) is 2.13. The Balaban J connectivity index is 1.85. The summed E-state index contributed by atoms with van der Waals surface area (Å²) in [6, 6.07) is 18.5. The average molecular weight is 387 g/mol. The van der Waals surface area contributed by atoms with Crippen molar-refractivity contribution in [2.75, 3.05) is 19.8 Å². The Morgan fingerprint density at radius 1 is 1.04 bits per heavy atom. The number of thioether (sulfide) groups is 1. The van der Waals surface area contributed by atoms with Crippen molar-refractivity contribution in [3.05, 3.63) is 71.0 Å². The smallest absolute Gasteiger partial charge is 0.195 e. The Hall–Kier alpha value is -1.82. The van der Waals surface area contributed by atoms with Crippen LogP contribution in [0.4, 0.5) is 0 Å². The lowest BCUT2D eigenvalue weighted by atomic mass is 10.2. The van der Waals surface area contributed by atoms with Crippen molar-refractivity contribution in [1.29, 1.82) is 0 Å². The number of aromatic nitrogens is 3. The van der Waals surface area contributed by atoms with Crippen molar-refractivity contribution in [3.63, 3.8) is 0 Å². The first-order valence-electron chi connectivity index (χ1n) is 8.60. The molecule has 3 rings (SSSR count). The normalized spacial score (nSPS) is 12.5. The summed E-state index contributed by atoms with van der Waals surface area (Å²) in [5.74, 6) is 1.88. The Bertz CT molecular complexity index is 831. The molecule has 0 radical (unpaired) electrons. The van der Waals surface area contributed by atoms with Gasteiger partial charge in [-0.05, 0) is 57.3 Å². The van der Waals surface area contributed by atoms with Gasteiger partial charge in [0.15, 0.2) is 11.0 Å². The van der Waals surface area contributed by atoms with Crippen LogP contribution in [0, 0.1) is 0 Å². The highest BCUT2D eigenvalue weighted by Gasteiger charge is 2.20. The van der Waals surface area contributed by atoms with Crippen LogP contribution < -0.4 is 0 Å². The van der Waals surface area contributed by atoms with Crippen LogP contribution >= 0.6 is 23.4 Å². The first-order chi connectivity index (χ1) is 12.6. The molecule has 136 valence electrons. The third-order valence-electron chi connectivity index (χ3n) is 4.36. The molecule has 0 fully saturated rings. The van der Waals surface area contributed by atoms with Gasteiger partial charge in [0.1, 0.15) is 0 Å². The summed E-state index contributed by atoms with van der Waals surface area (Å²) < 4.78 is 2.14. The Kier molecular flexibility index (Phi) is 6.35. The number of hydrogen-bond acceptors (Lipinski definition) is 4. The summed E-state index contributed by atoms with van der Waals surface area (Å²) in [5, 5.41) is 10.6. The second-order valence-corrected chi connectivity index (χ2v) is 7.87. The first kappa shape index (κ1) is 19.0. The highest BCUT2D eigenvalue weighted by atomic mass is 35.5. The molecule has 0 spiro atoms. The lowest BCUT2D eigenvalue weighted by molar-refractivity contribution is 0.305. The van der Waals surface area contributed by atoms with Gasteiger partial charge in [-0.15, -0.1) is 10.2 Å². The SMILES string of the molecule is CC(c1nnc(SCCc2ccccc2)n1-c1ccc(Cl)cc1)N(C)C. The van der Waals surface area contributed by atoms with Gasteiger partial charge < -0.3 is 0 Å². The van der Waals surface area contributed by atoms with Crippen LogP contribution in [-0.4, -0.2) is 39.5 Å². The van der Waals surface area contributed by atoms with Gasteiger partial charge in [0.2, 0.25) is 0 Å². The maximum atomic E-state index is 6.06. The van der Waals surface area contributed by atoms with E-state index in [1.807, 2.05) is 44.4 Å². The summed E-state index contributed by atoms with van der Waals surface area (Å²) in [5.41, 5.74) is 2.37. The maximum Gasteiger partial charge on any atom is 0.195 e. The molecule has 0 amide bonds. The number of hydrogen-bond donors (Lipinski definition) is 0. The Morgan fingerprint density at radius 3 is 2.38 bits per heavy atom. The standard InChI is InChI=1S/C20H23ClN4S/c1-15(24(2)3)19-22-23-20(25(19)18-11-9-17(21)10-12-18)26-14-13-16-7-5-4-6-8-16/h4-12,15H,13-14H2,1-3H3. The average Bonchev–Trinajstić information content (AvgIpc) is 3.06. The molecule has 4 nitrogen and oxygen atoms in total. The minimum atomic E-state index is 0.154. The summed E-state index contributed by atoms with van der Waals surface area (Å²) in [6.45, 7) is 2.13. The number of nitrogens with zero attached hydrogens (tertiary/aromatic N) is 4. The molecule has 0 N–H and O–H groups in total. The van der Waals surface area contributed by atoms with Crippen LogP contribution in [0.2, 0.25) is 5.02 Å². The van der Waals surface area contributed by atoms with Crippen LogP contribution in [0.25, 0.3) is 5.69 Å². The second-order valence-electron chi connectivity index (χ2n) is 6.38. The lowest BCUT2D eigenvalue weighted by Gasteiger charge is -2.20. The van der Waals surface area contributed by atoms with Gasteiger partial charge in [0.25, 0.3) is 0 Å². The van der Waals surface area contributed by atoms with Gasteiger partial charge in [-0.3, -0.25) is 9.47 Å². The highest BCUT2D eigenvalue weighted by Crippen LogP contribution is 2.27. The zero-order chi connectivity index (χ0) is 18.5. The van der Waals surface area contributed by atoms with Crippen molar-refractivity contribution in [3.8, 4) is 5.69 Å². The largest absolute Gasteiger partial charge is 0.300 e. The van der Waals surface area contributed by atoms with Gasteiger partial charge in [0.05, 0.1) is 6.04 Å². The van der Waals surface area contributed by atoms with E-state index in [9.17, 15) is 0 Å². The van der Waals surface area contributed by atoms with Crippen molar-refractivity contribution >= 4 is 23.4 Å². The highest BCUT2D eigenvalue weighted by molar-refractivity contribution is 7.99. The zero-order valence-electron chi connectivity index (χ0n) is 15.3. The summed E-state index contributed by atoms with van der Waals surface area (Å²) in [7, 11) is 4.10. The predicted octanol–water partition coefficient (Wildman–Crippen LogP) is 4.88. The number of rotatable bonds is 7. The fraction of sp³-hybridized carbons (Fsp3) is 0.300. The van der Waals surface area contributed by atoms with Crippen LogP contribution in [0.15, 0.2) is 59.8 Å². The van der Waals surface area contributed by atoms with Gasteiger partial charge >= 0.3 is 0 Å². The van der Waals surface area contributed by atoms with Gasteiger partial charge in [-0.2, -0.15) is 0 Å². The molecule has 6 heteroatoms. The van der Waals surface area contributed by atoms with Gasteiger partial charge in [-0.1, -0.05) is 53.7 Å². The topological polar surface area (TPSA) is 34.0 Å². The van der Waals surface area contributed by atoms with E-state index in [0.29, 0.717) is 0 Å². The molecule has 1 aromatic heterocycles. The minimum Gasteiger partial charge on any atom is -0.300 e. The van der Waals surface area contributed by atoms with Crippen molar-refractivity contribution in [2.24, 2.45) is 0 Å². The fourth-order valence-electron chi connectivity index (χ4n) is 2.61. The molecule has 2 aromatic carbocycles. The van der Waals surface area contributed by atoms with Crippen LogP contribution in [0.5, 0.6) is 0 Å².